The first-order valence-corrected chi connectivity index (χ1v) is 8.24. The second kappa shape index (κ2) is 11.5. The highest BCUT2D eigenvalue weighted by atomic mass is 35.5. The van der Waals surface area contributed by atoms with Crippen LogP contribution in [0.5, 0.6) is 0 Å². The number of nitrogens with zero attached hydrogens (tertiary/aromatic N) is 1. The molecule has 1 fully saturated rings. The van der Waals surface area contributed by atoms with Gasteiger partial charge in [0.1, 0.15) is 0 Å². The van der Waals surface area contributed by atoms with Gasteiger partial charge in [-0.05, 0) is 39.5 Å². The molecule has 4 nitrogen and oxygen atoms in total. The van der Waals surface area contributed by atoms with Crippen molar-refractivity contribution in [2.24, 2.45) is 11.1 Å². The average molecular weight is 356 g/mol. The Morgan fingerprint density at radius 2 is 1.68 bits per heavy atom. The van der Waals surface area contributed by atoms with E-state index in [1.807, 2.05) is 13.8 Å². The molecule has 6 heteroatoms. The van der Waals surface area contributed by atoms with Gasteiger partial charge < -0.3 is 11.1 Å². The van der Waals surface area contributed by atoms with Crippen molar-refractivity contribution < 1.29 is 4.79 Å². The largest absolute Gasteiger partial charge is 0.354 e. The number of piperidine rings is 1. The van der Waals surface area contributed by atoms with Crippen LogP contribution < -0.4 is 11.1 Å². The van der Waals surface area contributed by atoms with Gasteiger partial charge in [-0.25, -0.2) is 0 Å². The molecule has 1 saturated heterocycles. The maximum absolute atomic E-state index is 12.4. The van der Waals surface area contributed by atoms with Gasteiger partial charge in [-0.1, -0.05) is 20.3 Å². The Bertz CT molecular complexity index is 294. The third kappa shape index (κ3) is 5.88. The van der Waals surface area contributed by atoms with Crippen LogP contribution in [0.1, 0.15) is 59.8 Å². The summed E-state index contributed by atoms with van der Waals surface area (Å²) in [7, 11) is 0. The molecule has 1 heterocycles. The molecule has 0 spiro atoms. The maximum atomic E-state index is 12.4. The fourth-order valence-corrected chi connectivity index (χ4v) is 3.35. The lowest BCUT2D eigenvalue weighted by Gasteiger charge is -2.39. The SMILES string of the molecule is CCC(CC)(CN)C(=O)NCCN1C(C)CCCC1C.Cl.Cl. The highest BCUT2D eigenvalue weighted by Gasteiger charge is 2.33. The van der Waals surface area contributed by atoms with Gasteiger partial charge in [-0.15, -0.1) is 24.8 Å². The van der Waals surface area contributed by atoms with E-state index in [1.165, 1.54) is 19.3 Å². The van der Waals surface area contributed by atoms with Gasteiger partial charge in [0.25, 0.3) is 0 Å². The summed E-state index contributed by atoms with van der Waals surface area (Å²) in [5.74, 6) is 0.127. The molecule has 2 atom stereocenters. The Morgan fingerprint density at radius 3 is 2.09 bits per heavy atom. The predicted molar refractivity (Wildman–Crippen MR) is 99.1 cm³/mol. The molecule has 0 aromatic rings. The van der Waals surface area contributed by atoms with Gasteiger partial charge in [0.2, 0.25) is 5.91 Å². The van der Waals surface area contributed by atoms with E-state index in [0.717, 1.165) is 25.9 Å². The van der Waals surface area contributed by atoms with Crippen LogP contribution >= 0.6 is 24.8 Å². The van der Waals surface area contributed by atoms with Crippen molar-refractivity contribution >= 4 is 30.7 Å². The summed E-state index contributed by atoms with van der Waals surface area (Å²) < 4.78 is 0. The predicted octanol–water partition coefficient (Wildman–Crippen LogP) is 2.97. The van der Waals surface area contributed by atoms with Crippen LogP contribution in [0.4, 0.5) is 0 Å². The van der Waals surface area contributed by atoms with Crippen LogP contribution in [0.15, 0.2) is 0 Å². The molecule has 2 unspecified atom stereocenters. The van der Waals surface area contributed by atoms with Crippen LogP contribution in [0.25, 0.3) is 0 Å². The Hall–Kier alpha value is -0.0300. The van der Waals surface area contributed by atoms with E-state index in [1.54, 1.807) is 0 Å². The zero-order chi connectivity index (χ0) is 15.2. The number of likely N-dealkylation sites (tertiary alicyclic amines) is 1. The molecular weight excluding hydrogens is 321 g/mol. The topological polar surface area (TPSA) is 58.4 Å². The third-order valence-corrected chi connectivity index (χ3v) is 5.26. The molecule has 0 radical (unpaired) electrons. The lowest BCUT2D eigenvalue weighted by Crippen LogP contribution is -2.50. The van der Waals surface area contributed by atoms with Gasteiger partial charge in [-0.2, -0.15) is 0 Å². The molecular formula is C16H35Cl2N3O. The molecule has 0 aliphatic carbocycles. The number of hydrogen-bond acceptors (Lipinski definition) is 3. The van der Waals surface area contributed by atoms with Crippen LogP contribution in [0.2, 0.25) is 0 Å². The minimum atomic E-state index is -0.376. The number of halogens is 2. The van der Waals surface area contributed by atoms with Crippen molar-refractivity contribution in [2.45, 2.75) is 71.9 Å². The van der Waals surface area contributed by atoms with Crippen molar-refractivity contribution in [1.82, 2.24) is 10.2 Å². The fraction of sp³-hybridized carbons (Fsp3) is 0.938. The van der Waals surface area contributed by atoms with Crippen molar-refractivity contribution in [2.75, 3.05) is 19.6 Å². The molecule has 0 saturated carbocycles. The minimum Gasteiger partial charge on any atom is -0.354 e. The van der Waals surface area contributed by atoms with Crippen LogP contribution in [0, 0.1) is 5.41 Å². The molecule has 3 N–H and O–H groups in total. The summed E-state index contributed by atoms with van der Waals surface area (Å²) in [4.78, 5) is 14.9. The highest BCUT2D eigenvalue weighted by Crippen LogP contribution is 2.25. The van der Waals surface area contributed by atoms with Gasteiger partial charge in [0.05, 0.1) is 5.41 Å². The Labute approximate surface area is 148 Å². The first-order valence-electron chi connectivity index (χ1n) is 8.24. The van der Waals surface area contributed by atoms with Gasteiger partial charge in [-0.3, -0.25) is 9.69 Å². The zero-order valence-corrected chi connectivity index (χ0v) is 16.2. The van der Waals surface area contributed by atoms with E-state index in [0.29, 0.717) is 18.6 Å². The van der Waals surface area contributed by atoms with Gasteiger partial charge in [0, 0.05) is 31.7 Å². The Kier molecular flexibility index (Phi) is 12.7. The molecule has 1 amide bonds. The molecule has 1 aliphatic rings. The van der Waals surface area contributed by atoms with Crippen LogP contribution in [0.3, 0.4) is 0 Å². The first kappa shape index (κ1) is 24.2. The third-order valence-electron chi connectivity index (χ3n) is 5.26. The van der Waals surface area contributed by atoms with Gasteiger partial charge >= 0.3 is 0 Å². The summed E-state index contributed by atoms with van der Waals surface area (Å²) >= 11 is 0. The van der Waals surface area contributed by atoms with Gasteiger partial charge in [0.15, 0.2) is 0 Å². The lowest BCUT2D eigenvalue weighted by molar-refractivity contribution is -0.131. The minimum absolute atomic E-state index is 0. The highest BCUT2D eigenvalue weighted by molar-refractivity contribution is 5.85. The number of nitrogens with two attached hydrogens (primary N) is 1. The lowest BCUT2D eigenvalue weighted by atomic mass is 9.81. The number of carbonyl (C=O) groups excluding carboxylic acids is 1. The molecule has 22 heavy (non-hydrogen) atoms. The normalized spacial score (nSPS) is 22.4. The van der Waals surface area contributed by atoms with Crippen LogP contribution in [-0.4, -0.2) is 42.5 Å². The Balaban J connectivity index is 0. The fourth-order valence-electron chi connectivity index (χ4n) is 3.35. The van der Waals surface area contributed by atoms with E-state index in [9.17, 15) is 4.79 Å². The summed E-state index contributed by atoms with van der Waals surface area (Å²) in [6.07, 6.45) is 5.49. The second-order valence-corrected chi connectivity index (χ2v) is 6.31. The van der Waals surface area contributed by atoms with Crippen molar-refractivity contribution in [3.63, 3.8) is 0 Å². The average Bonchev–Trinajstić information content (AvgIpc) is 2.44. The summed E-state index contributed by atoms with van der Waals surface area (Å²) in [5.41, 5.74) is 5.44. The smallest absolute Gasteiger partial charge is 0.227 e. The summed E-state index contributed by atoms with van der Waals surface area (Å²) in [6, 6.07) is 1.26. The molecule has 0 aromatic heterocycles. The quantitative estimate of drug-likeness (QED) is 0.737. The Morgan fingerprint density at radius 1 is 1.18 bits per heavy atom. The molecule has 0 bridgehead atoms. The summed E-state index contributed by atoms with van der Waals surface area (Å²) in [6.45, 7) is 10.8. The molecule has 1 aliphatic heterocycles. The van der Waals surface area contributed by atoms with E-state index in [-0.39, 0.29) is 36.1 Å². The molecule has 0 aromatic carbocycles. The number of nitrogens with one attached hydrogen (secondary N) is 1. The van der Waals surface area contributed by atoms with Crippen molar-refractivity contribution in [1.29, 1.82) is 0 Å². The van der Waals surface area contributed by atoms with Crippen molar-refractivity contribution in [3.05, 3.63) is 0 Å². The van der Waals surface area contributed by atoms with E-state index < -0.39 is 0 Å². The van der Waals surface area contributed by atoms with E-state index in [4.69, 9.17) is 5.73 Å². The molecule has 1 rings (SSSR count). The number of amides is 1. The summed E-state index contributed by atoms with van der Waals surface area (Å²) in [5, 5.41) is 3.10. The number of rotatable bonds is 7. The number of carbonyl (C=O) groups is 1. The van der Waals surface area contributed by atoms with E-state index >= 15 is 0 Å². The zero-order valence-electron chi connectivity index (χ0n) is 14.6. The van der Waals surface area contributed by atoms with E-state index in [2.05, 4.69) is 24.1 Å². The molecule has 134 valence electrons. The van der Waals surface area contributed by atoms with Crippen molar-refractivity contribution in [3.8, 4) is 0 Å². The first-order chi connectivity index (χ1) is 9.50. The monoisotopic (exact) mass is 355 g/mol. The number of hydrogen-bond donors (Lipinski definition) is 2. The standard InChI is InChI=1S/C16H33N3O.2ClH/c1-5-16(6-2,12-17)15(20)18-10-11-19-13(3)8-7-9-14(19)4;;/h13-14H,5-12,17H2,1-4H3,(H,18,20);2*1H. The second-order valence-electron chi connectivity index (χ2n) is 6.31. The maximum Gasteiger partial charge on any atom is 0.227 e. The van der Waals surface area contributed by atoms with Crippen LogP contribution in [-0.2, 0) is 4.79 Å².